The molecule has 1 aromatic rings. The number of hydrogen-bond acceptors (Lipinski definition) is 5. The van der Waals surface area contributed by atoms with Gasteiger partial charge >= 0.3 is 6.09 Å². The molecule has 0 atom stereocenters. The second-order valence-electron chi connectivity index (χ2n) is 6.93. The van der Waals surface area contributed by atoms with E-state index in [0.29, 0.717) is 39.3 Å². The van der Waals surface area contributed by atoms with Crippen molar-refractivity contribution in [3.05, 3.63) is 24.2 Å². The van der Waals surface area contributed by atoms with Gasteiger partial charge in [0.25, 0.3) is 0 Å². The van der Waals surface area contributed by atoms with E-state index in [1.807, 2.05) is 19.1 Å². The van der Waals surface area contributed by atoms with Gasteiger partial charge in [-0.3, -0.25) is 9.79 Å². The summed E-state index contributed by atoms with van der Waals surface area (Å²) in [6.45, 7) is 6.97. The summed E-state index contributed by atoms with van der Waals surface area (Å²) in [4.78, 5) is 29.2. The van der Waals surface area contributed by atoms with E-state index in [4.69, 9.17) is 9.15 Å². The van der Waals surface area contributed by atoms with Crippen LogP contribution in [-0.4, -0.2) is 68.2 Å². The number of aliphatic imine (C=N–C) groups is 1. The van der Waals surface area contributed by atoms with Crippen molar-refractivity contribution in [1.82, 2.24) is 20.9 Å². The fraction of sp³-hybridized carbons (Fsp3) is 0.650. The van der Waals surface area contributed by atoms with Crippen molar-refractivity contribution in [1.29, 1.82) is 0 Å². The normalized spacial score (nSPS) is 15.1. The van der Waals surface area contributed by atoms with Crippen LogP contribution in [0.25, 0.3) is 0 Å². The van der Waals surface area contributed by atoms with Crippen LogP contribution in [0.2, 0.25) is 0 Å². The molecule has 2 heterocycles. The molecule has 162 valence electrons. The van der Waals surface area contributed by atoms with E-state index in [-0.39, 0.29) is 18.0 Å². The third kappa shape index (κ3) is 8.89. The Morgan fingerprint density at radius 1 is 1.28 bits per heavy atom. The number of carbonyl (C=O) groups excluding carboxylic acids is 2. The van der Waals surface area contributed by atoms with Crippen molar-refractivity contribution in [2.45, 2.75) is 45.6 Å². The lowest BCUT2D eigenvalue weighted by Crippen LogP contribution is -2.50. The molecule has 1 aromatic heterocycles. The molecule has 2 amide bonds. The lowest BCUT2D eigenvalue weighted by atomic mass is 10.1. The lowest BCUT2D eigenvalue weighted by Gasteiger charge is -2.32. The molecule has 3 N–H and O–H groups in total. The zero-order valence-electron chi connectivity index (χ0n) is 17.4. The molecule has 2 rings (SSSR count). The number of guanidine groups is 1. The average molecular weight is 408 g/mol. The molecule has 0 radical (unpaired) electrons. The second kappa shape index (κ2) is 12.7. The van der Waals surface area contributed by atoms with Crippen molar-refractivity contribution in [2.75, 3.05) is 39.3 Å². The number of nitrogens with zero attached hydrogens (tertiary/aromatic N) is 2. The van der Waals surface area contributed by atoms with E-state index in [0.717, 1.165) is 37.4 Å². The van der Waals surface area contributed by atoms with E-state index in [1.165, 1.54) is 6.92 Å². The van der Waals surface area contributed by atoms with Gasteiger partial charge < -0.3 is 30.0 Å². The molecule has 1 aliphatic heterocycles. The standard InChI is InChI=1S/C20H33N5O4/c1-3-28-20(27)25-13-8-17(9-14-25)24-19(22-11-5-10-21-16(2)26)23-12-7-18-6-4-15-29-18/h4,6,15,17H,3,5,7-14H2,1-2H3,(H,21,26)(H2,22,23,24). The first kappa shape index (κ1) is 22.6. The maximum atomic E-state index is 11.8. The van der Waals surface area contributed by atoms with Gasteiger partial charge in [0.15, 0.2) is 5.96 Å². The van der Waals surface area contributed by atoms with Crippen LogP contribution in [0.3, 0.4) is 0 Å². The van der Waals surface area contributed by atoms with Crippen LogP contribution in [0.15, 0.2) is 27.8 Å². The first-order valence-corrected chi connectivity index (χ1v) is 10.3. The lowest BCUT2D eigenvalue weighted by molar-refractivity contribution is -0.118. The van der Waals surface area contributed by atoms with Crippen molar-refractivity contribution in [2.24, 2.45) is 4.99 Å². The minimum atomic E-state index is -0.241. The second-order valence-corrected chi connectivity index (χ2v) is 6.93. The van der Waals surface area contributed by atoms with Crippen LogP contribution >= 0.6 is 0 Å². The zero-order valence-corrected chi connectivity index (χ0v) is 17.4. The molecule has 0 spiro atoms. The molecule has 29 heavy (non-hydrogen) atoms. The van der Waals surface area contributed by atoms with Crippen LogP contribution in [-0.2, 0) is 16.0 Å². The maximum absolute atomic E-state index is 11.8. The van der Waals surface area contributed by atoms with Gasteiger partial charge in [-0.15, -0.1) is 0 Å². The molecule has 9 heteroatoms. The van der Waals surface area contributed by atoms with Gasteiger partial charge in [0.2, 0.25) is 5.91 Å². The Labute approximate surface area is 172 Å². The van der Waals surface area contributed by atoms with E-state index in [9.17, 15) is 9.59 Å². The van der Waals surface area contributed by atoms with Crippen LogP contribution in [0.5, 0.6) is 0 Å². The smallest absolute Gasteiger partial charge is 0.409 e. The third-order valence-electron chi connectivity index (χ3n) is 4.58. The summed E-state index contributed by atoms with van der Waals surface area (Å²) in [5.41, 5.74) is 0. The Morgan fingerprint density at radius 2 is 2.07 bits per heavy atom. The van der Waals surface area contributed by atoms with E-state index in [2.05, 4.69) is 20.9 Å². The number of nitrogens with one attached hydrogen (secondary N) is 3. The molecule has 1 fully saturated rings. The Morgan fingerprint density at radius 3 is 2.72 bits per heavy atom. The predicted molar refractivity (Wildman–Crippen MR) is 111 cm³/mol. The molecule has 0 saturated carbocycles. The number of hydrogen-bond donors (Lipinski definition) is 3. The summed E-state index contributed by atoms with van der Waals surface area (Å²) in [6, 6.07) is 4.07. The Balaban J connectivity index is 1.80. The fourth-order valence-corrected chi connectivity index (χ4v) is 3.06. The summed E-state index contributed by atoms with van der Waals surface area (Å²) in [7, 11) is 0. The summed E-state index contributed by atoms with van der Waals surface area (Å²) < 4.78 is 10.4. The largest absolute Gasteiger partial charge is 0.469 e. The first-order chi connectivity index (χ1) is 14.1. The van der Waals surface area contributed by atoms with Crippen molar-refractivity contribution in [3.8, 4) is 0 Å². The number of furan rings is 1. The van der Waals surface area contributed by atoms with Gasteiger partial charge in [-0.1, -0.05) is 0 Å². The average Bonchev–Trinajstić information content (AvgIpc) is 3.21. The molecule has 0 unspecified atom stereocenters. The van der Waals surface area contributed by atoms with Crippen LogP contribution in [0.4, 0.5) is 4.79 Å². The predicted octanol–water partition coefficient (Wildman–Crippen LogP) is 1.50. The van der Waals surface area contributed by atoms with Gasteiger partial charge in [-0.05, 0) is 38.3 Å². The molecule has 0 aromatic carbocycles. The van der Waals surface area contributed by atoms with Gasteiger partial charge in [-0.2, -0.15) is 0 Å². The molecule has 0 aliphatic carbocycles. The molecular weight excluding hydrogens is 374 g/mol. The minimum Gasteiger partial charge on any atom is -0.469 e. The van der Waals surface area contributed by atoms with Crippen molar-refractivity contribution < 1.29 is 18.7 Å². The first-order valence-electron chi connectivity index (χ1n) is 10.3. The summed E-state index contributed by atoms with van der Waals surface area (Å²) in [5.74, 6) is 1.64. The van der Waals surface area contributed by atoms with Crippen LogP contribution in [0, 0.1) is 0 Å². The number of carbonyl (C=O) groups is 2. The Hall–Kier alpha value is -2.71. The molecule has 1 saturated heterocycles. The monoisotopic (exact) mass is 407 g/mol. The van der Waals surface area contributed by atoms with Crippen molar-refractivity contribution in [3.63, 3.8) is 0 Å². The fourth-order valence-electron chi connectivity index (χ4n) is 3.06. The molecular formula is C20H33N5O4. The topological polar surface area (TPSA) is 108 Å². The third-order valence-corrected chi connectivity index (χ3v) is 4.58. The summed E-state index contributed by atoms with van der Waals surface area (Å²) >= 11 is 0. The number of piperidine rings is 1. The van der Waals surface area contributed by atoms with Gasteiger partial charge in [0.05, 0.1) is 12.9 Å². The quantitative estimate of drug-likeness (QED) is 0.325. The number of ether oxygens (including phenoxy) is 1. The maximum Gasteiger partial charge on any atom is 0.409 e. The Bertz CT molecular complexity index is 639. The molecule has 9 nitrogen and oxygen atoms in total. The zero-order chi connectivity index (χ0) is 20.9. The number of rotatable bonds is 9. The summed E-state index contributed by atoms with van der Waals surface area (Å²) in [5, 5.41) is 9.59. The molecule has 1 aliphatic rings. The van der Waals surface area contributed by atoms with Gasteiger partial charge in [-0.25, -0.2) is 4.79 Å². The van der Waals surface area contributed by atoms with E-state index >= 15 is 0 Å². The van der Waals surface area contributed by atoms with Crippen LogP contribution in [0.1, 0.15) is 38.9 Å². The Kier molecular flexibility index (Phi) is 9.88. The summed E-state index contributed by atoms with van der Waals surface area (Å²) in [6.07, 6.45) is 4.64. The minimum absolute atomic E-state index is 0.0303. The highest BCUT2D eigenvalue weighted by atomic mass is 16.6. The van der Waals surface area contributed by atoms with Gasteiger partial charge in [0, 0.05) is 52.1 Å². The SMILES string of the molecule is CCOC(=O)N1CCC(NC(=NCCCNC(C)=O)NCCc2ccco2)CC1. The molecule has 0 bridgehead atoms. The van der Waals surface area contributed by atoms with E-state index in [1.54, 1.807) is 11.2 Å². The van der Waals surface area contributed by atoms with Crippen molar-refractivity contribution >= 4 is 18.0 Å². The number of likely N-dealkylation sites (tertiary alicyclic amines) is 1. The highest BCUT2D eigenvalue weighted by Gasteiger charge is 2.24. The van der Waals surface area contributed by atoms with Crippen LogP contribution < -0.4 is 16.0 Å². The number of amides is 2. The van der Waals surface area contributed by atoms with E-state index < -0.39 is 0 Å². The van der Waals surface area contributed by atoms with Gasteiger partial charge in [0.1, 0.15) is 5.76 Å². The highest BCUT2D eigenvalue weighted by Crippen LogP contribution is 2.11. The highest BCUT2D eigenvalue weighted by molar-refractivity contribution is 5.80.